The summed E-state index contributed by atoms with van der Waals surface area (Å²) in [7, 11) is 1.62. The zero-order valence-corrected chi connectivity index (χ0v) is 15.3. The Morgan fingerprint density at radius 2 is 1.73 bits per heavy atom. The molecule has 0 spiro atoms. The average Bonchev–Trinajstić information content (AvgIpc) is 2.66. The Morgan fingerprint density at radius 1 is 1.00 bits per heavy atom. The highest BCUT2D eigenvalue weighted by Gasteiger charge is 2.11. The molecular formula is C19H15Cl2N3O2. The topological polar surface area (TPSA) is 63.2 Å². The van der Waals surface area contributed by atoms with E-state index in [0.29, 0.717) is 15.7 Å². The van der Waals surface area contributed by atoms with E-state index in [1.807, 2.05) is 24.3 Å². The van der Waals surface area contributed by atoms with Crippen LogP contribution in [-0.4, -0.2) is 18.0 Å². The van der Waals surface area contributed by atoms with Crippen LogP contribution < -0.4 is 15.4 Å². The van der Waals surface area contributed by atoms with Gasteiger partial charge in [-0.1, -0.05) is 29.3 Å². The minimum atomic E-state index is -0.370. The minimum absolute atomic E-state index is 0.265. The van der Waals surface area contributed by atoms with Crippen LogP contribution in [0.5, 0.6) is 5.75 Å². The summed E-state index contributed by atoms with van der Waals surface area (Å²) < 4.78 is 5.12. The summed E-state index contributed by atoms with van der Waals surface area (Å²) in [4.78, 5) is 16.5. The van der Waals surface area contributed by atoms with Gasteiger partial charge in [0.05, 0.1) is 34.7 Å². The molecule has 132 valence electrons. The van der Waals surface area contributed by atoms with Crippen LogP contribution in [-0.2, 0) is 0 Å². The fourth-order valence-corrected chi connectivity index (χ4v) is 2.58. The Morgan fingerprint density at radius 3 is 2.38 bits per heavy atom. The summed E-state index contributed by atoms with van der Waals surface area (Å²) in [5.41, 5.74) is 2.34. The summed E-state index contributed by atoms with van der Waals surface area (Å²) in [5, 5.41) is 6.56. The fraction of sp³-hybridized carbons (Fsp3) is 0.0526. The van der Waals surface area contributed by atoms with E-state index in [1.54, 1.807) is 43.6 Å². The first kappa shape index (κ1) is 18.0. The van der Waals surface area contributed by atoms with Crippen LogP contribution in [0.15, 0.2) is 60.8 Å². The third kappa shape index (κ3) is 4.25. The maximum Gasteiger partial charge on any atom is 0.274 e. The van der Waals surface area contributed by atoms with Gasteiger partial charge in [-0.3, -0.25) is 4.79 Å². The lowest BCUT2D eigenvalue weighted by Crippen LogP contribution is -2.14. The van der Waals surface area contributed by atoms with Crippen LogP contribution in [0.1, 0.15) is 10.5 Å². The first-order valence-corrected chi connectivity index (χ1v) is 8.45. The number of ether oxygens (including phenoxy) is 1. The van der Waals surface area contributed by atoms with Gasteiger partial charge in [0.15, 0.2) is 0 Å². The van der Waals surface area contributed by atoms with Crippen molar-refractivity contribution in [3.63, 3.8) is 0 Å². The van der Waals surface area contributed by atoms with Crippen molar-refractivity contribution in [2.24, 2.45) is 0 Å². The highest BCUT2D eigenvalue weighted by Crippen LogP contribution is 2.29. The van der Waals surface area contributed by atoms with Crippen molar-refractivity contribution in [2.45, 2.75) is 0 Å². The largest absolute Gasteiger partial charge is 0.497 e. The average molecular weight is 388 g/mol. The highest BCUT2D eigenvalue weighted by molar-refractivity contribution is 6.44. The third-order valence-electron chi connectivity index (χ3n) is 3.57. The summed E-state index contributed by atoms with van der Waals surface area (Å²) in [6.45, 7) is 0. The number of halogens is 2. The number of nitrogens with zero attached hydrogens (tertiary/aromatic N) is 1. The number of aromatic nitrogens is 1. The number of benzene rings is 2. The van der Waals surface area contributed by atoms with Crippen LogP contribution >= 0.6 is 23.2 Å². The van der Waals surface area contributed by atoms with Crippen molar-refractivity contribution >= 4 is 46.2 Å². The number of hydrogen-bond acceptors (Lipinski definition) is 4. The zero-order valence-electron chi connectivity index (χ0n) is 13.8. The van der Waals surface area contributed by atoms with Gasteiger partial charge in [0.1, 0.15) is 11.4 Å². The van der Waals surface area contributed by atoms with E-state index in [1.165, 1.54) is 0 Å². The van der Waals surface area contributed by atoms with E-state index in [9.17, 15) is 4.79 Å². The number of anilines is 3. The standard InChI is InChI=1S/C19H15Cl2N3O2/c1-26-14-8-5-12(6-9-14)23-13-7-10-17(22-11-13)19(25)24-16-4-2-3-15(20)18(16)21/h2-11,23H,1H3,(H,24,25). The molecule has 0 aliphatic rings. The molecule has 2 N–H and O–H groups in total. The van der Waals surface area contributed by atoms with E-state index in [4.69, 9.17) is 27.9 Å². The quantitative estimate of drug-likeness (QED) is 0.615. The molecule has 0 unspecified atom stereocenters. The summed E-state index contributed by atoms with van der Waals surface area (Å²) >= 11 is 12.0. The molecule has 2 aromatic carbocycles. The molecule has 5 nitrogen and oxygen atoms in total. The minimum Gasteiger partial charge on any atom is -0.497 e. The maximum absolute atomic E-state index is 12.3. The van der Waals surface area contributed by atoms with Crippen molar-refractivity contribution in [3.05, 3.63) is 76.5 Å². The van der Waals surface area contributed by atoms with Gasteiger partial charge in [-0.05, 0) is 48.5 Å². The lowest BCUT2D eigenvalue weighted by atomic mass is 10.2. The Labute approximate surface area is 160 Å². The molecule has 0 aliphatic carbocycles. The maximum atomic E-state index is 12.3. The van der Waals surface area contributed by atoms with Crippen LogP contribution in [0.3, 0.4) is 0 Å². The molecule has 26 heavy (non-hydrogen) atoms. The number of methoxy groups -OCH3 is 1. The van der Waals surface area contributed by atoms with Gasteiger partial charge in [-0.2, -0.15) is 0 Å². The van der Waals surface area contributed by atoms with Gasteiger partial charge in [-0.25, -0.2) is 4.98 Å². The van der Waals surface area contributed by atoms with Crippen molar-refractivity contribution in [1.82, 2.24) is 4.98 Å². The van der Waals surface area contributed by atoms with Crippen LogP contribution in [0.25, 0.3) is 0 Å². The Hall–Kier alpha value is -2.76. The number of carbonyl (C=O) groups is 1. The molecule has 0 aliphatic heterocycles. The van der Waals surface area contributed by atoms with E-state index in [0.717, 1.165) is 17.1 Å². The van der Waals surface area contributed by atoms with E-state index in [-0.39, 0.29) is 11.6 Å². The van der Waals surface area contributed by atoms with E-state index >= 15 is 0 Å². The highest BCUT2D eigenvalue weighted by atomic mass is 35.5. The second-order valence-electron chi connectivity index (χ2n) is 5.34. The van der Waals surface area contributed by atoms with Gasteiger partial charge in [0.2, 0.25) is 0 Å². The van der Waals surface area contributed by atoms with E-state index in [2.05, 4.69) is 15.6 Å². The van der Waals surface area contributed by atoms with Gasteiger partial charge in [0, 0.05) is 5.69 Å². The number of carbonyl (C=O) groups excluding carboxylic acids is 1. The van der Waals surface area contributed by atoms with Crippen molar-refractivity contribution < 1.29 is 9.53 Å². The molecule has 0 fully saturated rings. The smallest absolute Gasteiger partial charge is 0.274 e. The fourth-order valence-electron chi connectivity index (χ4n) is 2.23. The van der Waals surface area contributed by atoms with Crippen molar-refractivity contribution in [1.29, 1.82) is 0 Å². The summed E-state index contributed by atoms with van der Waals surface area (Å²) in [5.74, 6) is 0.408. The van der Waals surface area contributed by atoms with Gasteiger partial charge in [0.25, 0.3) is 5.91 Å². The number of amides is 1. The second-order valence-corrected chi connectivity index (χ2v) is 6.13. The molecule has 1 amide bonds. The predicted octanol–water partition coefficient (Wildman–Crippen LogP) is 5.39. The Kier molecular flexibility index (Phi) is 5.61. The number of nitrogens with one attached hydrogen (secondary N) is 2. The van der Waals surface area contributed by atoms with E-state index < -0.39 is 0 Å². The molecule has 0 bridgehead atoms. The first-order valence-electron chi connectivity index (χ1n) is 7.69. The monoisotopic (exact) mass is 387 g/mol. The molecule has 0 saturated heterocycles. The molecule has 7 heteroatoms. The number of hydrogen-bond donors (Lipinski definition) is 2. The van der Waals surface area contributed by atoms with Crippen molar-refractivity contribution in [2.75, 3.05) is 17.7 Å². The molecule has 0 atom stereocenters. The van der Waals surface area contributed by atoms with Crippen LogP contribution in [0.4, 0.5) is 17.1 Å². The van der Waals surface area contributed by atoms with Crippen LogP contribution in [0, 0.1) is 0 Å². The molecule has 0 radical (unpaired) electrons. The van der Waals surface area contributed by atoms with Gasteiger partial charge < -0.3 is 15.4 Å². The SMILES string of the molecule is COc1ccc(Nc2ccc(C(=O)Nc3cccc(Cl)c3Cl)nc2)cc1. The lowest BCUT2D eigenvalue weighted by molar-refractivity contribution is 0.102. The van der Waals surface area contributed by atoms with Gasteiger partial charge in [-0.15, -0.1) is 0 Å². The third-order valence-corrected chi connectivity index (χ3v) is 4.39. The molecule has 1 heterocycles. The summed E-state index contributed by atoms with van der Waals surface area (Å²) in [6.07, 6.45) is 1.58. The molecule has 0 saturated carbocycles. The van der Waals surface area contributed by atoms with Gasteiger partial charge >= 0.3 is 0 Å². The van der Waals surface area contributed by atoms with Crippen LogP contribution in [0.2, 0.25) is 10.0 Å². The normalized spacial score (nSPS) is 10.3. The molecule has 3 aromatic rings. The molecular weight excluding hydrogens is 373 g/mol. The molecule has 3 rings (SSSR count). The zero-order chi connectivity index (χ0) is 18.5. The predicted molar refractivity (Wildman–Crippen MR) is 105 cm³/mol. The Balaban J connectivity index is 1.68. The van der Waals surface area contributed by atoms with Crippen molar-refractivity contribution in [3.8, 4) is 5.75 Å². The number of pyridine rings is 1. The lowest BCUT2D eigenvalue weighted by Gasteiger charge is -2.09. The molecule has 1 aromatic heterocycles. The summed E-state index contributed by atoms with van der Waals surface area (Å²) in [6, 6.07) is 15.9. The number of rotatable bonds is 5. The second kappa shape index (κ2) is 8.08. The first-order chi connectivity index (χ1) is 12.6. The Bertz CT molecular complexity index is 913.